The van der Waals surface area contributed by atoms with Crippen LogP contribution in [0.25, 0.3) is 0 Å². The number of rotatable bonds is 5. The first-order chi connectivity index (χ1) is 9.08. The molecule has 0 spiro atoms. The zero-order chi connectivity index (χ0) is 13.8. The van der Waals surface area contributed by atoms with E-state index in [0.717, 1.165) is 5.75 Å². The van der Waals surface area contributed by atoms with Crippen LogP contribution in [0, 0.1) is 13.8 Å². The van der Waals surface area contributed by atoms with Crippen LogP contribution in [-0.2, 0) is 12.8 Å². The Morgan fingerprint density at radius 2 is 1.95 bits per heavy atom. The van der Waals surface area contributed by atoms with Crippen LogP contribution < -0.4 is 5.73 Å². The van der Waals surface area contributed by atoms with Crippen LogP contribution in [0.4, 0.5) is 0 Å². The SMILES string of the molecule is Cc1cc(C)cc(CSC(CN)c2cnn(C)c2)c1. The monoisotopic (exact) mass is 275 g/mol. The summed E-state index contributed by atoms with van der Waals surface area (Å²) in [4.78, 5) is 0. The average Bonchev–Trinajstić information content (AvgIpc) is 2.75. The van der Waals surface area contributed by atoms with Gasteiger partial charge in [-0.05, 0) is 19.4 Å². The second-order valence-corrected chi connectivity index (χ2v) is 6.17. The van der Waals surface area contributed by atoms with Gasteiger partial charge in [-0.2, -0.15) is 5.10 Å². The van der Waals surface area contributed by atoms with Crippen molar-refractivity contribution < 1.29 is 0 Å². The maximum Gasteiger partial charge on any atom is 0.0533 e. The van der Waals surface area contributed by atoms with Crippen LogP contribution in [-0.4, -0.2) is 16.3 Å². The van der Waals surface area contributed by atoms with Crippen molar-refractivity contribution in [2.45, 2.75) is 24.9 Å². The number of benzene rings is 1. The Kier molecular flexibility index (Phi) is 4.66. The highest BCUT2D eigenvalue weighted by Crippen LogP contribution is 2.30. The fourth-order valence-corrected chi connectivity index (χ4v) is 3.27. The normalized spacial score (nSPS) is 12.6. The average molecular weight is 275 g/mol. The summed E-state index contributed by atoms with van der Waals surface area (Å²) in [5, 5.41) is 4.53. The molecule has 102 valence electrons. The van der Waals surface area contributed by atoms with Gasteiger partial charge >= 0.3 is 0 Å². The summed E-state index contributed by atoms with van der Waals surface area (Å²) in [5.41, 5.74) is 11.1. The molecule has 1 atom stereocenters. The van der Waals surface area contributed by atoms with E-state index in [-0.39, 0.29) is 0 Å². The van der Waals surface area contributed by atoms with Gasteiger partial charge in [0.05, 0.1) is 6.20 Å². The van der Waals surface area contributed by atoms with Crippen molar-refractivity contribution >= 4 is 11.8 Å². The molecule has 0 saturated carbocycles. The molecule has 0 aliphatic heterocycles. The Labute approximate surface area is 119 Å². The number of thioether (sulfide) groups is 1. The van der Waals surface area contributed by atoms with Crippen LogP contribution in [0.2, 0.25) is 0 Å². The molecule has 2 rings (SSSR count). The second-order valence-electron chi connectivity index (χ2n) is 4.98. The van der Waals surface area contributed by atoms with E-state index in [1.807, 2.05) is 35.9 Å². The van der Waals surface area contributed by atoms with Gasteiger partial charge in [0.1, 0.15) is 0 Å². The van der Waals surface area contributed by atoms with E-state index in [4.69, 9.17) is 5.73 Å². The largest absolute Gasteiger partial charge is 0.329 e. The van der Waals surface area contributed by atoms with Gasteiger partial charge in [-0.25, -0.2) is 0 Å². The first kappa shape index (κ1) is 14.2. The highest BCUT2D eigenvalue weighted by molar-refractivity contribution is 7.98. The molecule has 0 radical (unpaired) electrons. The van der Waals surface area contributed by atoms with Crippen molar-refractivity contribution in [3.63, 3.8) is 0 Å². The van der Waals surface area contributed by atoms with Crippen molar-refractivity contribution in [1.82, 2.24) is 9.78 Å². The third kappa shape index (κ3) is 3.85. The summed E-state index contributed by atoms with van der Waals surface area (Å²) in [6.07, 6.45) is 3.96. The third-order valence-electron chi connectivity index (χ3n) is 3.04. The first-order valence-electron chi connectivity index (χ1n) is 6.46. The molecule has 0 aliphatic rings. The first-order valence-corrected chi connectivity index (χ1v) is 7.50. The summed E-state index contributed by atoms with van der Waals surface area (Å²) < 4.78 is 1.83. The fraction of sp³-hybridized carbons (Fsp3) is 0.400. The molecule has 0 bridgehead atoms. The zero-order valence-electron chi connectivity index (χ0n) is 11.8. The van der Waals surface area contributed by atoms with Gasteiger partial charge in [0, 0.05) is 36.4 Å². The summed E-state index contributed by atoms with van der Waals surface area (Å²) in [5.74, 6) is 0.985. The minimum Gasteiger partial charge on any atom is -0.329 e. The lowest BCUT2D eigenvalue weighted by Crippen LogP contribution is -2.09. The van der Waals surface area contributed by atoms with Gasteiger partial charge in [0.15, 0.2) is 0 Å². The van der Waals surface area contributed by atoms with Gasteiger partial charge in [-0.1, -0.05) is 29.3 Å². The number of nitrogens with zero attached hydrogens (tertiary/aromatic N) is 2. The van der Waals surface area contributed by atoms with Gasteiger partial charge in [-0.15, -0.1) is 11.8 Å². The molecule has 0 fully saturated rings. The maximum atomic E-state index is 5.88. The Morgan fingerprint density at radius 1 is 1.26 bits per heavy atom. The molecule has 1 aromatic heterocycles. The Balaban J connectivity index is 2.03. The standard InChI is InChI=1S/C15H21N3S/c1-11-4-12(2)6-13(5-11)10-19-15(7-16)14-8-17-18(3)9-14/h4-6,8-9,15H,7,10,16H2,1-3H3. The zero-order valence-corrected chi connectivity index (χ0v) is 12.6. The molecular weight excluding hydrogens is 254 g/mol. The molecule has 3 nitrogen and oxygen atoms in total. The number of nitrogens with two attached hydrogens (primary N) is 1. The van der Waals surface area contributed by atoms with E-state index in [2.05, 4.69) is 37.1 Å². The number of aryl methyl sites for hydroxylation is 3. The summed E-state index contributed by atoms with van der Waals surface area (Å²) >= 11 is 1.88. The van der Waals surface area contributed by atoms with Gasteiger partial charge in [-0.3, -0.25) is 4.68 Å². The molecule has 1 unspecified atom stereocenters. The number of hydrogen-bond acceptors (Lipinski definition) is 3. The third-order valence-corrected chi connectivity index (χ3v) is 4.41. The number of hydrogen-bond donors (Lipinski definition) is 1. The van der Waals surface area contributed by atoms with Crippen molar-refractivity contribution in [3.8, 4) is 0 Å². The summed E-state index contributed by atoms with van der Waals surface area (Å²) in [7, 11) is 1.94. The fourth-order valence-electron chi connectivity index (χ4n) is 2.26. The molecule has 2 N–H and O–H groups in total. The van der Waals surface area contributed by atoms with Crippen LogP contribution in [0.1, 0.15) is 27.5 Å². The van der Waals surface area contributed by atoms with Crippen LogP contribution in [0.5, 0.6) is 0 Å². The molecule has 0 aliphatic carbocycles. The molecular formula is C15H21N3S. The van der Waals surface area contributed by atoms with E-state index in [0.29, 0.717) is 11.8 Å². The summed E-state index contributed by atoms with van der Waals surface area (Å²) in [6, 6.07) is 6.70. The quantitative estimate of drug-likeness (QED) is 0.912. The molecule has 19 heavy (non-hydrogen) atoms. The molecule has 2 aromatic rings. The minimum atomic E-state index is 0.314. The van der Waals surface area contributed by atoms with Crippen LogP contribution >= 0.6 is 11.8 Å². The lowest BCUT2D eigenvalue weighted by Gasteiger charge is -2.13. The second kappa shape index (κ2) is 6.26. The van der Waals surface area contributed by atoms with Crippen molar-refractivity contribution in [2.75, 3.05) is 6.54 Å². The Morgan fingerprint density at radius 3 is 2.47 bits per heavy atom. The number of aromatic nitrogens is 2. The van der Waals surface area contributed by atoms with Crippen molar-refractivity contribution in [2.24, 2.45) is 12.8 Å². The maximum absolute atomic E-state index is 5.88. The highest BCUT2D eigenvalue weighted by atomic mass is 32.2. The summed E-state index contributed by atoms with van der Waals surface area (Å²) in [6.45, 7) is 4.92. The Bertz CT molecular complexity index is 528. The van der Waals surface area contributed by atoms with Gasteiger partial charge in [0.25, 0.3) is 0 Å². The van der Waals surface area contributed by atoms with Crippen molar-refractivity contribution in [1.29, 1.82) is 0 Å². The van der Waals surface area contributed by atoms with E-state index >= 15 is 0 Å². The Hall–Kier alpha value is -1.26. The molecule has 4 heteroatoms. The van der Waals surface area contributed by atoms with Crippen LogP contribution in [0.3, 0.4) is 0 Å². The minimum absolute atomic E-state index is 0.314. The molecule has 1 heterocycles. The van der Waals surface area contributed by atoms with E-state index in [9.17, 15) is 0 Å². The van der Waals surface area contributed by atoms with Crippen molar-refractivity contribution in [3.05, 3.63) is 52.8 Å². The van der Waals surface area contributed by atoms with Gasteiger partial charge in [0.2, 0.25) is 0 Å². The predicted molar refractivity (Wildman–Crippen MR) is 82.2 cm³/mol. The highest BCUT2D eigenvalue weighted by Gasteiger charge is 2.12. The lowest BCUT2D eigenvalue weighted by atomic mass is 10.1. The molecule has 0 saturated heterocycles. The topological polar surface area (TPSA) is 43.8 Å². The predicted octanol–water partition coefficient (Wildman–Crippen LogP) is 2.97. The van der Waals surface area contributed by atoms with Crippen LogP contribution in [0.15, 0.2) is 30.6 Å². The molecule has 0 amide bonds. The molecule has 1 aromatic carbocycles. The van der Waals surface area contributed by atoms with E-state index in [1.54, 1.807) is 0 Å². The lowest BCUT2D eigenvalue weighted by molar-refractivity contribution is 0.766. The smallest absolute Gasteiger partial charge is 0.0533 e. The van der Waals surface area contributed by atoms with E-state index < -0.39 is 0 Å². The van der Waals surface area contributed by atoms with E-state index in [1.165, 1.54) is 22.3 Å². The van der Waals surface area contributed by atoms with Gasteiger partial charge < -0.3 is 5.73 Å².